The molecule has 0 spiro atoms. The van der Waals surface area contributed by atoms with Crippen LogP contribution in [0.3, 0.4) is 0 Å². The van der Waals surface area contributed by atoms with Crippen LogP contribution in [0.25, 0.3) is 11.1 Å². The lowest BCUT2D eigenvalue weighted by atomic mass is 10.1. The van der Waals surface area contributed by atoms with Gasteiger partial charge in [0.15, 0.2) is 0 Å². The Morgan fingerprint density at radius 1 is 1.39 bits per heavy atom. The van der Waals surface area contributed by atoms with E-state index >= 15 is 0 Å². The lowest BCUT2D eigenvalue weighted by Crippen LogP contribution is -2.36. The van der Waals surface area contributed by atoms with Gasteiger partial charge in [0, 0.05) is 11.8 Å². The van der Waals surface area contributed by atoms with Gasteiger partial charge in [-0.3, -0.25) is 14.9 Å². The molecule has 2 aromatic rings. The van der Waals surface area contributed by atoms with Gasteiger partial charge in [-0.1, -0.05) is 37.3 Å². The van der Waals surface area contributed by atoms with Crippen molar-refractivity contribution in [2.24, 2.45) is 11.8 Å². The number of amides is 1. The highest BCUT2D eigenvalue weighted by molar-refractivity contribution is 5.77. The highest BCUT2D eigenvalue weighted by Crippen LogP contribution is 2.17. The minimum Gasteiger partial charge on any atom is -0.294 e. The van der Waals surface area contributed by atoms with E-state index in [1.165, 1.54) is 0 Å². The zero-order valence-electron chi connectivity index (χ0n) is 10.2. The van der Waals surface area contributed by atoms with Gasteiger partial charge in [0.1, 0.15) is 0 Å². The molecule has 1 heterocycles. The molecule has 0 fully saturated rings. The summed E-state index contributed by atoms with van der Waals surface area (Å²) in [6.07, 6.45) is 3.72. The van der Waals surface area contributed by atoms with Crippen molar-refractivity contribution in [3.05, 3.63) is 42.7 Å². The first-order chi connectivity index (χ1) is 8.70. The van der Waals surface area contributed by atoms with Crippen molar-refractivity contribution in [2.75, 3.05) is 0 Å². The summed E-state index contributed by atoms with van der Waals surface area (Å²) in [6, 6.07) is 9.99. The number of rotatable bonds is 4. The monoisotopic (exact) mass is 244 g/mol. The van der Waals surface area contributed by atoms with Crippen LogP contribution < -0.4 is 11.3 Å². The average Bonchev–Trinajstić information content (AvgIpc) is 2.87. The van der Waals surface area contributed by atoms with Gasteiger partial charge in [-0.05, 0) is 5.56 Å². The first kappa shape index (κ1) is 12.3. The third kappa shape index (κ3) is 2.75. The SMILES string of the molecule is CC(Cn1cc(-c2ccccc2)cn1)C(=O)NN. The summed E-state index contributed by atoms with van der Waals surface area (Å²) in [5, 5.41) is 4.25. The lowest BCUT2D eigenvalue weighted by molar-refractivity contribution is -0.125. The maximum atomic E-state index is 11.3. The van der Waals surface area contributed by atoms with Crippen molar-refractivity contribution >= 4 is 5.91 Å². The predicted molar refractivity (Wildman–Crippen MR) is 69.2 cm³/mol. The van der Waals surface area contributed by atoms with Crippen LogP contribution in [0.15, 0.2) is 42.7 Å². The Hall–Kier alpha value is -2.14. The average molecular weight is 244 g/mol. The van der Waals surface area contributed by atoms with Crippen LogP contribution in [-0.2, 0) is 11.3 Å². The fourth-order valence-electron chi connectivity index (χ4n) is 1.75. The van der Waals surface area contributed by atoms with Crippen LogP contribution in [0.5, 0.6) is 0 Å². The van der Waals surface area contributed by atoms with E-state index in [2.05, 4.69) is 10.5 Å². The Balaban J connectivity index is 2.09. The van der Waals surface area contributed by atoms with Crippen LogP contribution in [0.4, 0.5) is 0 Å². The highest BCUT2D eigenvalue weighted by Gasteiger charge is 2.12. The van der Waals surface area contributed by atoms with E-state index in [0.29, 0.717) is 6.54 Å². The molecule has 1 amide bonds. The van der Waals surface area contributed by atoms with E-state index in [4.69, 9.17) is 5.84 Å². The minimum atomic E-state index is -0.210. The Bertz CT molecular complexity index is 521. The van der Waals surface area contributed by atoms with Gasteiger partial charge < -0.3 is 0 Å². The van der Waals surface area contributed by atoms with Gasteiger partial charge >= 0.3 is 0 Å². The molecule has 0 saturated carbocycles. The molecule has 18 heavy (non-hydrogen) atoms. The number of hydrogen-bond acceptors (Lipinski definition) is 3. The molecule has 3 N–H and O–H groups in total. The third-order valence-corrected chi connectivity index (χ3v) is 2.79. The van der Waals surface area contributed by atoms with Gasteiger partial charge in [0.25, 0.3) is 0 Å². The number of nitrogens with one attached hydrogen (secondary N) is 1. The van der Waals surface area contributed by atoms with Crippen molar-refractivity contribution in [1.82, 2.24) is 15.2 Å². The molecule has 1 aromatic heterocycles. The smallest absolute Gasteiger partial charge is 0.238 e. The van der Waals surface area contributed by atoms with Crippen molar-refractivity contribution in [2.45, 2.75) is 13.5 Å². The third-order valence-electron chi connectivity index (χ3n) is 2.79. The van der Waals surface area contributed by atoms with Crippen LogP contribution in [0, 0.1) is 5.92 Å². The largest absolute Gasteiger partial charge is 0.294 e. The molecular formula is C13H16N4O. The second-order valence-corrected chi connectivity index (χ2v) is 4.23. The Morgan fingerprint density at radius 2 is 2.11 bits per heavy atom. The Labute approximate surface area is 106 Å². The van der Waals surface area contributed by atoms with Crippen molar-refractivity contribution in [3.8, 4) is 11.1 Å². The van der Waals surface area contributed by atoms with Crippen LogP contribution in [0.2, 0.25) is 0 Å². The van der Waals surface area contributed by atoms with Gasteiger partial charge in [-0.15, -0.1) is 0 Å². The lowest BCUT2D eigenvalue weighted by Gasteiger charge is -2.08. The Kier molecular flexibility index (Phi) is 3.74. The highest BCUT2D eigenvalue weighted by atomic mass is 16.2. The van der Waals surface area contributed by atoms with Gasteiger partial charge in [-0.25, -0.2) is 5.84 Å². The summed E-state index contributed by atoms with van der Waals surface area (Å²) >= 11 is 0. The second-order valence-electron chi connectivity index (χ2n) is 4.23. The normalized spacial score (nSPS) is 12.1. The van der Waals surface area contributed by atoms with Crippen molar-refractivity contribution in [3.63, 3.8) is 0 Å². The van der Waals surface area contributed by atoms with E-state index in [1.54, 1.807) is 10.9 Å². The molecule has 1 unspecified atom stereocenters. The molecule has 0 aliphatic rings. The number of aromatic nitrogens is 2. The first-order valence-electron chi connectivity index (χ1n) is 5.79. The molecule has 0 aliphatic carbocycles. The first-order valence-corrected chi connectivity index (χ1v) is 5.79. The summed E-state index contributed by atoms with van der Waals surface area (Å²) in [5.41, 5.74) is 4.29. The predicted octanol–water partition coefficient (Wildman–Crippen LogP) is 1.18. The Morgan fingerprint density at radius 3 is 2.78 bits per heavy atom. The van der Waals surface area contributed by atoms with Crippen molar-refractivity contribution in [1.29, 1.82) is 0 Å². The number of hydrogen-bond donors (Lipinski definition) is 2. The number of hydrazine groups is 1. The number of carbonyl (C=O) groups is 1. The fourth-order valence-corrected chi connectivity index (χ4v) is 1.75. The summed E-state index contributed by atoms with van der Waals surface area (Å²) in [5.74, 6) is 4.70. The maximum Gasteiger partial charge on any atom is 0.238 e. The number of nitrogens with two attached hydrogens (primary N) is 1. The van der Waals surface area contributed by atoms with E-state index in [9.17, 15) is 4.79 Å². The maximum absolute atomic E-state index is 11.3. The number of benzene rings is 1. The van der Waals surface area contributed by atoms with E-state index < -0.39 is 0 Å². The minimum absolute atomic E-state index is 0.188. The standard InChI is InChI=1S/C13H16N4O/c1-10(13(18)16-14)8-17-9-12(7-15-17)11-5-3-2-4-6-11/h2-7,9-10H,8,14H2,1H3,(H,16,18). The molecule has 5 heteroatoms. The molecule has 1 atom stereocenters. The summed E-state index contributed by atoms with van der Waals surface area (Å²) in [6.45, 7) is 2.32. The van der Waals surface area contributed by atoms with E-state index in [-0.39, 0.29) is 11.8 Å². The molecule has 0 saturated heterocycles. The quantitative estimate of drug-likeness (QED) is 0.482. The van der Waals surface area contributed by atoms with Gasteiger partial charge in [-0.2, -0.15) is 5.10 Å². The molecular weight excluding hydrogens is 228 g/mol. The molecule has 2 rings (SSSR count). The zero-order valence-corrected chi connectivity index (χ0v) is 10.2. The number of carbonyl (C=O) groups excluding carboxylic acids is 1. The van der Waals surface area contributed by atoms with Crippen molar-refractivity contribution < 1.29 is 4.79 Å². The van der Waals surface area contributed by atoms with Crippen LogP contribution in [0.1, 0.15) is 6.92 Å². The van der Waals surface area contributed by atoms with Crippen LogP contribution >= 0.6 is 0 Å². The summed E-state index contributed by atoms with van der Waals surface area (Å²) < 4.78 is 1.75. The number of nitrogens with zero attached hydrogens (tertiary/aromatic N) is 2. The summed E-state index contributed by atoms with van der Waals surface area (Å²) in [4.78, 5) is 11.3. The molecule has 0 aliphatic heterocycles. The fraction of sp³-hybridized carbons (Fsp3) is 0.231. The van der Waals surface area contributed by atoms with E-state index in [0.717, 1.165) is 11.1 Å². The summed E-state index contributed by atoms with van der Waals surface area (Å²) in [7, 11) is 0. The zero-order chi connectivity index (χ0) is 13.0. The van der Waals surface area contributed by atoms with Gasteiger partial charge in [0.05, 0.1) is 18.7 Å². The topological polar surface area (TPSA) is 72.9 Å². The molecule has 5 nitrogen and oxygen atoms in total. The molecule has 94 valence electrons. The second kappa shape index (κ2) is 5.46. The van der Waals surface area contributed by atoms with E-state index in [1.807, 2.05) is 43.5 Å². The van der Waals surface area contributed by atoms with Gasteiger partial charge in [0.2, 0.25) is 5.91 Å². The van der Waals surface area contributed by atoms with Crippen LogP contribution in [-0.4, -0.2) is 15.7 Å². The molecule has 0 bridgehead atoms. The molecule has 1 aromatic carbocycles. The molecule has 0 radical (unpaired) electrons.